The van der Waals surface area contributed by atoms with Crippen molar-refractivity contribution >= 4 is 5.97 Å². The van der Waals surface area contributed by atoms with E-state index in [1.165, 1.54) is 7.11 Å². The first-order valence-corrected chi connectivity index (χ1v) is 5.74. The van der Waals surface area contributed by atoms with Gasteiger partial charge in [-0.15, -0.1) is 0 Å². The number of carbonyl (C=O) groups excluding carboxylic acids is 1. The molecule has 4 nitrogen and oxygen atoms in total. The molecule has 1 saturated heterocycles. The maximum Gasteiger partial charge on any atom is 0.345 e. The van der Waals surface area contributed by atoms with E-state index in [2.05, 4.69) is 10.1 Å². The van der Waals surface area contributed by atoms with E-state index in [1.54, 1.807) is 31.4 Å². The highest BCUT2D eigenvalue weighted by atomic mass is 19.1. The van der Waals surface area contributed by atoms with E-state index >= 15 is 0 Å². The number of methoxy groups -OCH3 is 2. The van der Waals surface area contributed by atoms with Crippen LogP contribution in [0, 0.1) is 0 Å². The molecule has 0 amide bonds. The largest absolute Gasteiger partial charge is 0.497 e. The van der Waals surface area contributed by atoms with Crippen molar-refractivity contribution in [2.45, 2.75) is 11.6 Å². The summed E-state index contributed by atoms with van der Waals surface area (Å²) in [7, 11) is 2.77. The fourth-order valence-corrected chi connectivity index (χ4v) is 2.29. The quantitative estimate of drug-likeness (QED) is 0.824. The molecule has 0 radical (unpaired) electrons. The van der Waals surface area contributed by atoms with E-state index in [0.717, 1.165) is 5.56 Å². The molecule has 0 aliphatic carbocycles. The minimum absolute atomic E-state index is 0.0175. The van der Waals surface area contributed by atoms with Gasteiger partial charge >= 0.3 is 5.97 Å². The molecule has 5 heteroatoms. The summed E-state index contributed by atoms with van der Waals surface area (Å²) in [5, 5.41) is 2.90. The average molecular weight is 253 g/mol. The summed E-state index contributed by atoms with van der Waals surface area (Å²) in [6, 6.07) is 7.05. The normalized spacial score (nSPS) is 26.9. The monoisotopic (exact) mass is 253 g/mol. The molecule has 98 valence electrons. The van der Waals surface area contributed by atoms with Gasteiger partial charge in [0.2, 0.25) is 5.67 Å². The van der Waals surface area contributed by atoms with Crippen LogP contribution in [0.5, 0.6) is 5.75 Å². The smallest absolute Gasteiger partial charge is 0.345 e. The van der Waals surface area contributed by atoms with Crippen molar-refractivity contribution in [2.75, 3.05) is 27.3 Å². The Morgan fingerprint density at radius 2 is 2.06 bits per heavy atom. The Morgan fingerprint density at radius 1 is 1.39 bits per heavy atom. The molecular weight excluding hydrogens is 237 g/mol. The van der Waals surface area contributed by atoms with Crippen molar-refractivity contribution in [3.05, 3.63) is 29.8 Å². The molecule has 0 unspecified atom stereocenters. The van der Waals surface area contributed by atoms with Gasteiger partial charge in [-0.05, 0) is 17.7 Å². The van der Waals surface area contributed by atoms with Crippen LogP contribution in [0.15, 0.2) is 24.3 Å². The van der Waals surface area contributed by atoms with E-state index in [9.17, 15) is 9.18 Å². The molecular formula is C13H16FNO3. The van der Waals surface area contributed by atoms with Crippen molar-refractivity contribution in [1.82, 2.24) is 5.32 Å². The first-order chi connectivity index (χ1) is 8.61. The molecule has 1 aliphatic heterocycles. The van der Waals surface area contributed by atoms with Gasteiger partial charge in [0.15, 0.2) is 0 Å². The van der Waals surface area contributed by atoms with Crippen LogP contribution >= 0.6 is 0 Å². The highest BCUT2D eigenvalue weighted by molar-refractivity contribution is 5.82. The molecule has 0 spiro atoms. The summed E-state index contributed by atoms with van der Waals surface area (Å²) in [6.07, 6.45) is 0. The van der Waals surface area contributed by atoms with Crippen molar-refractivity contribution < 1.29 is 18.7 Å². The number of carbonyl (C=O) groups is 1. The zero-order valence-electron chi connectivity index (χ0n) is 10.4. The Hall–Kier alpha value is -1.62. The van der Waals surface area contributed by atoms with Gasteiger partial charge in [-0.1, -0.05) is 12.1 Å². The minimum Gasteiger partial charge on any atom is -0.497 e. The summed E-state index contributed by atoms with van der Waals surface area (Å²) < 4.78 is 24.3. The number of ether oxygens (including phenoxy) is 2. The van der Waals surface area contributed by atoms with Gasteiger partial charge in [0.25, 0.3) is 0 Å². The van der Waals surface area contributed by atoms with E-state index in [4.69, 9.17) is 4.74 Å². The van der Waals surface area contributed by atoms with Crippen LogP contribution in [-0.2, 0) is 9.53 Å². The van der Waals surface area contributed by atoms with Crippen LogP contribution in [0.4, 0.5) is 4.39 Å². The van der Waals surface area contributed by atoms with E-state index in [-0.39, 0.29) is 6.54 Å². The molecule has 0 aromatic heterocycles. The van der Waals surface area contributed by atoms with Gasteiger partial charge in [0.05, 0.1) is 14.2 Å². The van der Waals surface area contributed by atoms with E-state index < -0.39 is 17.6 Å². The van der Waals surface area contributed by atoms with E-state index in [1.807, 2.05) is 0 Å². The SMILES string of the molecule is COC(=O)[C@]1(F)CNC[C@H]1c1ccc(OC)cc1. The lowest BCUT2D eigenvalue weighted by molar-refractivity contribution is -0.154. The molecule has 1 heterocycles. The van der Waals surface area contributed by atoms with Crippen LogP contribution < -0.4 is 10.1 Å². The third kappa shape index (κ3) is 2.06. The Balaban J connectivity index is 2.28. The lowest BCUT2D eigenvalue weighted by Gasteiger charge is -2.23. The van der Waals surface area contributed by atoms with Crippen molar-refractivity contribution in [3.8, 4) is 5.75 Å². The van der Waals surface area contributed by atoms with Crippen LogP contribution in [0.2, 0.25) is 0 Å². The Labute approximate surface area is 105 Å². The van der Waals surface area contributed by atoms with Gasteiger partial charge in [-0.3, -0.25) is 0 Å². The highest BCUT2D eigenvalue weighted by Crippen LogP contribution is 2.36. The lowest BCUT2D eigenvalue weighted by atomic mass is 9.86. The fraction of sp³-hybridized carbons (Fsp3) is 0.462. The molecule has 0 bridgehead atoms. The Bertz CT molecular complexity index is 434. The van der Waals surface area contributed by atoms with Gasteiger partial charge in [0, 0.05) is 19.0 Å². The maximum atomic E-state index is 14.7. The summed E-state index contributed by atoms with van der Waals surface area (Å²) in [6.45, 7) is 0.397. The lowest BCUT2D eigenvalue weighted by Crippen LogP contribution is -2.41. The van der Waals surface area contributed by atoms with E-state index in [0.29, 0.717) is 12.3 Å². The van der Waals surface area contributed by atoms with Gasteiger partial charge in [-0.2, -0.15) is 0 Å². The molecule has 1 aromatic rings. The number of nitrogens with one attached hydrogen (secondary N) is 1. The number of halogens is 1. The average Bonchev–Trinajstić information content (AvgIpc) is 2.81. The van der Waals surface area contributed by atoms with Crippen LogP contribution in [0.1, 0.15) is 11.5 Å². The molecule has 1 aromatic carbocycles. The molecule has 0 saturated carbocycles. The van der Waals surface area contributed by atoms with Crippen molar-refractivity contribution in [2.24, 2.45) is 0 Å². The number of esters is 1. The highest BCUT2D eigenvalue weighted by Gasteiger charge is 2.51. The molecule has 1 fully saturated rings. The molecule has 1 N–H and O–H groups in total. The third-order valence-corrected chi connectivity index (χ3v) is 3.33. The third-order valence-electron chi connectivity index (χ3n) is 3.33. The molecule has 18 heavy (non-hydrogen) atoms. The first kappa shape index (κ1) is 12.8. The first-order valence-electron chi connectivity index (χ1n) is 5.74. The predicted octanol–water partition coefficient (Wildman–Crippen LogP) is 1.26. The molecule has 1 aliphatic rings. The van der Waals surface area contributed by atoms with Gasteiger partial charge < -0.3 is 14.8 Å². The second-order valence-electron chi connectivity index (χ2n) is 4.31. The van der Waals surface area contributed by atoms with Crippen LogP contribution in [0.25, 0.3) is 0 Å². The minimum atomic E-state index is -2.00. The zero-order chi connectivity index (χ0) is 13.2. The summed E-state index contributed by atoms with van der Waals surface area (Å²) >= 11 is 0. The van der Waals surface area contributed by atoms with Crippen LogP contribution in [-0.4, -0.2) is 38.9 Å². The van der Waals surface area contributed by atoms with Crippen LogP contribution in [0.3, 0.4) is 0 Å². The topological polar surface area (TPSA) is 47.6 Å². The zero-order valence-corrected chi connectivity index (χ0v) is 10.4. The summed E-state index contributed by atoms with van der Waals surface area (Å²) in [5.41, 5.74) is -1.24. The maximum absolute atomic E-state index is 14.7. The molecule has 2 rings (SSSR count). The number of hydrogen-bond donors (Lipinski definition) is 1. The number of alkyl halides is 1. The summed E-state index contributed by atoms with van der Waals surface area (Å²) in [4.78, 5) is 11.6. The van der Waals surface area contributed by atoms with Crippen molar-refractivity contribution in [1.29, 1.82) is 0 Å². The Kier molecular flexibility index (Phi) is 3.52. The fourth-order valence-electron chi connectivity index (χ4n) is 2.29. The molecule has 2 atom stereocenters. The second kappa shape index (κ2) is 4.94. The second-order valence-corrected chi connectivity index (χ2v) is 4.31. The van der Waals surface area contributed by atoms with Crippen molar-refractivity contribution in [3.63, 3.8) is 0 Å². The summed E-state index contributed by atoms with van der Waals surface area (Å²) in [5.74, 6) is -0.656. The number of hydrogen-bond acceptors (Lipinski definition) is 4. The number of benzene rings is 1. The number of rotatable bonds is 3. The standard InChI is InChI=1S/C13H16FNO3/c1-17-10-5-3-9(4-6-10)11-7-15-8-13(11,14)12(16)18-2/h3-6,11,15H,7-8H2,1-2H3/t11-,13-/m0/s1. The Morgan fingerprint density at radius 3 is 2.61 bits per heavy atom. The van der Waals surface area contributed by atoms with Gasteiger partial charge in [0.1, 0.15) is 5.75 Å². The van der Waals surface area contributed by atoms with Gasteiger partial charge in [-0.25, -0.2) is 9.18 Å². The predicted molar refractivity (Wildman–Crippen MR) is 64.5 cm³/mol.